The average molecular weight is 349 g/mol. The molecule has 0 radical (unpaired) electrons. The zero-order valence-corrected chi connectivity index (χ0v) is 14.9. The van der Waals surface area contributed by atoms with Crippen LogP contribution in [-0.4, -0.2) is 33.9 Å². The van der Waals surface area contributed by atoms with Crippen molar-refractivity contribution in [2.75, 3.05) is 13.1 Å². The second kappa shape index (κ2) is 7.30. The number of esters is 1. The van der Waals surface area contributed by atoms with E-state index in [1.807, 2.05) is 30.5 Å². The summed E-state index contributed by atoms with van der Waals surface area (Å²) in [6.45, 7) is 4.81. The summed E-state index contributed by atoms with van der Waals surface area (Å²) in [6, 6.07) is 12.1. The first-order valence-corrected chi connectivity index (χ1v) is 9.17. The van der Waals surface area contributed by atoms with Gasteiger partial charge in [-0.1, -0.05) is 19.1 Å². The molecule has 1 N–H and O–H groups in total. The van der Waals surface area contributed by atoms with Gasteiger partial charge in [-0.2, -0.15) is 0 Å². The molecule has 26 heavy (non-hydrogen) atoms. The molecule has 2 aromatic heterocycles. The van der Waals surface area contributed by atoms with E-state index in [1.165, 1.54) is 16.5 Å². The number of likely N-dealkylation sites (tertiary alicyclic amines) is 1. The Hall–Kier alpha value is -2.66. The third-order valence-corrected chi connectivity index (χ3v) is 5.05. The van der Waals surface area contributed by atoms with E-state index in [-0.39, 0.29) is 5.97 Å². The smallest absolute Gasteiger partial charge is 0.310 e. The van der Waals surface area contributed by atoms with Crippen molar-refractivity contribution in [2.45, 2.75) is 32.2 Å². The lowest BCUT2D eigenvalue weighted by Gasteiger charge is -2.16. The first-order chi connectivity index (χ1) is 12.7. The SMILES string of the molecule is CCC(=O)Oc1cccc(C2CCN(Cc3c[nH]c4ncccc34)C2)c1. The number of pyridine rings is 1. The van der Waals surface area contributed by atoms with E-state index in [4.69, 9.17) is 4.74 Å². The lowest BCUT2D eigenvalue weighted by atomic mass is 9.98. The fourth-order valence-electron chi connectivity index (χ4n) is 3.67. The van der Waals surface area contributed by atoms with Crippen LogP contribution in [0.2, 0.25) is 0 Å². The molecular formula is C21H23N3O2. The molecule has 0 saturated carbocycles. The van der Waals surface area contributed by atoms with Crippen LogP contribution in [0.4, 0.5) is 0 Å². The van der Waals surface area contributed by atoms with Crippen molar-refractivity contribution in [3.05, 3.63) is 59.9 Å². The molecule has 3 aromatic rings. The predicted octanol–water partition coefficient (Wildman–Crippen LogP) is 3.87. The fraction of sp³-hybridized carbons (Fsp3) is 0.333. The van der Waals surface area contributed by atoms with Gasteiger partial charge in [0.2, 0.25) is 0 Å². The molecule has 1 aliphatic rings. The maximum Gasteiger partial charge on any atom is 0.310 e. The molecule has 0 amide bonds. The number of carbonyl (C=O) groups is 1. The van der Waals surface area contributed by atoms with E-state index in [9.17, 15) is 4.79 Å². The van der Waals surface area contributed by atoms with Crippen LogP contribution >= 0.6 is 0 Å². The van der Waals surface area contributed by atoms with Crippen LogP contribution in [0.25, 0.3) is 11.0 Å². The maximum atomic E-state index is 11.5. The predicted molar refractivity (Wildman–Crippen MR) is 101 cm³/mol. The van der Waals surface area contributed by atoms with Crippen molar-refractivity contribution < 1.29 is 9.53 Å². The van der Waals surface area contributed by atoms with Gasteiger partial charge < -0.3 is 9.72 Å². The molecular weight excluding hydrogens is 326 g/mol. The second-order valence-electron chi connectivity index (χ2n) is 6.83. The molecule has 1 unspecified atom stereocenters. The van der Waals surface area contributed by atoms with Gasteiger partial charge >= 0.3 is 5.97 Å². The van der Waals surface area contributed by atoms with Crippen molar-refractivity contribution in [2.24, 2.45) is 0 Å². The lowest BCUT2D eigenvalue weighted by molar-refractivity contribution is -0.134. The zero-order chi connectivity index (χ0) is 17.9. The van der Waals surface area contributed by atoms with E-state index < -0.39 is 0 Å². The van der Waals surface area contributed by atoms with Crippen LogP contribution in [0.1, 0.15) is 36.8 Å². The van der Waals surface area contributed by atoms with E-state index in [0.29, 0.717) is 18.1 Å². The molecule has 0 aliphatic carbocycles. The molecule has 1 aliphatic heterocycles. The molecule has 134 valence electrons. The minimum atomic E-state index is -0.192. The summed E-state index contributed by atoms with van der Waals surface area (Å²) in [5.74, 6) is 0.928. The summed E-state index contributed by atoms with van der Waals surface area (Å²) in [5.41, 5.74) is 3.48. The highest BCUT2D eigenvalue weighted by Crippen LogP contribution is 2.31. The summed E-state index contributed by atoms with van der Waals surface area (Å²) < 4.78 is 5.36. The largest absolute Gasteiger partial charge is 0.427 e. The normalized spacial score (nSPS) is 17.7. The van der Waals surface area contributed by atoms with Crippen molar-refractivity contribution in [3.8, 4) is 5.75 Å². The van der Waals surface area contributed by atoms with Gasteiger partial charge in [0.25, 0.3) is 0 Å². The van der Waals surface area contributed by atoms with Gasteiger partial charge in [-0.15, -0.1) is 0 Å². The molecule has 0 spiro atoms. The van der Waals surface area contributed by atoms with Crippen LogP contribution in [0.5, 0.6) is 5.75 Å². The number of H-pyrrole nitrogens is 1. The van der Waals surface area contributed by atoms with E-state index >= 15 is 0 Å². The Kier molecular flexibility index (Phi) is 4.71. The summed E-state index contributed by atoms with van der Waals surface area (Å²) in [4.78, 5) is 21.6. The topological polar surface area (TPSA) is 58.2 Å². The summed E-state index contributed by atoms with van der Waals surface area (Å²) in [7, 11) is 0. The number of nitrogens with zero attached hydrogens (tertiary/aromatic N) is 2. The molecule has 4 rings (SSSR count). The molecule has 0 bridgehead atoms. The van der Waals surface area contributed by atoms with Gasteiger partial charge in [0.1, 0.15) is 11.4 Å². The molecule has 1 aromatic carbocycles. The number of hydrogen-bond donors (Lipinski definition) is 1. The van der Waals surface area contributed by atoms with E-state index in [0.717, 1.165) is 31.7 Å². The first-order valence-electron chi connectivity index (χ1n) is 9.17. The Morgan fingerprint density at radius 3 is 3.15 bits per heavy atom. The Bertz CT molecular complexity index is 918. The van der Waals surface area contributed by atoms with Gasteiger partial charge in [0.15, 0.2) is 0 Å². The summed E-state index contributed by atoms with van der Waals surface area (Å²) in [5, 5.41) is 1.20. The zero-order valence-electron chi connectivity index (χ0n) is 14.9. The molecule has 3 heterocycles. The number of nitrogens with one attached hydrogen (secondary N) is 1. The number of aromatic nitrogens is 2. The van der Waals surface area contributed by atoms with Crippen LogP contribution in [0.15, 0.2) is 48.8 Å². The maximum absolute atomic E-state index is 11.5. The Morgan fingerprint density at radius 2 is 2.27 bits per heavy atom. The minimum absolute atomic E-state index is 0.192. The molecule has 1 fully saturated rings. The van der Waals surface area contributed by atoms with E-state index in [2.05, 4.69) is 33.2 Å². The number of ether oxygens (including phenoxy) is 1. The molecule has 1 atom stereocenters. The molecule has 5 nitrogen and oxygen atoms in total. The molecule has 5 heteroatoms. The standard InChI is InChI=1S/C21H23N3O2/c1-2-20(25)26-18-6-3-5-15(11-18)16-8-10-24(13-16)14-17-12-23-21-19(17)7-4-9-22-21/h3-7,9,11-12,16H,2,8,10,13-14H2,1H3,(H,22,23). The third kappa shape index (κ3) is 3.48. The van der Waals surface area contributed by atoms with Crippen molar-refractivity contribution >= 4 is 17.0 Å². The number of benzene rings is 1. The van der Waals surface area contributed by atoms with E-state index in [1.54, 1.807) is 6.92 Å². The summed E-state index contributed by atoms with van der Waals surface area (Å²) in [6.07, 6.45) is 5.38. The van der Waals surface area contributed by atoms with Crippen LogP contribution in [-0.2, 0) is 11.3 Å². The van der Waals surface area contributed by atoms with Crippen molar-refractivity contribution in [1.29, 1.82) is 0 Å². The third-order valence-electron chi connectivity index (χ3n) is 5.05. The highest BCUT2D eigenvalue weighted by molar-refractivity contribution is 5.79. The van der Waals surface area contributed by atoms with Crippen molar-refractivity contribution in [3.63, 3.8) is 0 Å². The Balaban J connectivity index is 1.44. The quantitative estimate of drug-likeness (QED) is 0.561. The summed E-state index contributed by atoms with van der Waals surface area (Å²) >= 11 is 0. The minimum Gasteiger partial charge on any atom is -0.427 e. The van der Waals surface area contributed by atoms with Gasteiger partial charge in [0.05, 0.1) is 0 Å². The number of fused-ring (bicyclic) bond motifs is 1. The Labute approximate surface area is 153 Å². The second-order valence-corrected chi connectivity index (χ2v) is 6.83. The highest BCUT2D eigenvalue weighted by Gasteiger charge is 2.25. The first kappa shape index (κ1) is 16.8. The number of aromatic amines is 1. The van der Waals surface area contributed by atoms with Crippen LogP contribution in [0, 0.1) is 0 Å². The molecule has 1 saturated heterocycles. The number of carbonyl (C=O) groups excluding carboxylic acids is 1. The van der Waals surface area contributed by atoms with Crippen LogP contribution in [0.3, 0.4) is 0 Å². The van der Waals surface area contributed by atoms with Gasteiger partial charge in [-0.05, 0) is 54.3 Å². The van der Waals surface area contributed by atoms with Crippen LogP contribution < -0.4 is 4.74 Å². The van der Waals surface area contributed by atoms with Gasteiger partial charge in [-0.3, -0.25) is 9.69 Å². The Morgan fingerprint density at radius 1 is 1.35 bits per heavy atom. The highest BCUT2D eigenvalue weighted by atomic mass is 16.5. The van der Waals surface area contributed by atoms with Gasteiger partial charge in [-0.25, -0.2) is 4.98 Å². The lowest BCUT2D eigenvalue weighted by Crippen LogP contribution is -2.19. The van der Waals surface area contributed by atoms with Gasteiger partial charge in [0, 0.05) is 37.3 Å². The average Bonchev–Trinajstić information content (AvgIpc) is 3.30. The monoisotopic (exact) mass is 349 g/mol. The number of rotatable bonds is 5. The fourth-order valence-corrected chi connectivity index (χ4v) is 3.67. The van der Waals surface area contributed by atoms with Crippen molar-refractivity contribution in [1.82, 2.24) is 14.9 Å². The number of hydrogen-bond acceptors (Lipinski definition) is 4.